The third-order valence-corrected chi connectivity index (χ3v) is 3.64. The number of rotatable bonds is 3. The van der Waals surface area contributed by atoms with Gasteiger partial charge in [0.15, 0.2) is 5.65 Å². The van der Waals surface area contributed by atoms with Crippen LogP contribution in [-0.2, 0) is 0 Å². The Balaban J connectivity index is 1.74. The van der Waals surface area contributed by atoms with E-state index < -0.39 is 0 Å². The van der Waals surface area contributed by atoms with Crippen LogP contribution in [0.25, 0.3) is 11.2 Å². The molecule has 0 aromatic carbocycles. The molecule has 1 N–H and O–H groups in total. The molecule has 5 nitrogen and oxygen atoms in total. The molecule has 2 aromatic heterocycles. The molecule has 19 heavy (non-hydrogen) atoms. The Hall–Kier alpha value is -1.75. The van der Waals surface area contributed by atoms with Crippen LogP contribution in [0.3, 0.4) is 0 Å². The molecular formula is C14H19N5. The first kappa shape index (κ1) is 12.3. The van der Waals surface area contributed by atoms with Crippen molar-refractivity contribution >= 4 is 17.0 Å². The largest absolute Gasteiger partial charge is 0.366 e. The minimum atomic E-state index is 0.482. The van der Waals surface area contributed by atoms with Crippen LogP contribution in [0.5, 0.6) is 0 Å². The lowest BCUT2D eigenvalue weighted by molar-refractivity contribution is 0.226. The standard InChI is InChI=1S/C14H19N5/c1-2-19-9-3-4-11(10-19)17-13-6-5-12-14(18-13)16-8-7-15-12/h5-8,11H,2-4,9-10H2,1H3,(H,16,17,18). The van der Waals surface area contributed by atoms with E-state index in [1.54, 1.807) is 12.4 Å². The summed E-state index contributed by atoms with van der Waals surface area (Å²) in [5.41, 5.74) is 1.54. The van der Waals surface area contributed by atoms with Gasteiger partial charge in [-0.25, -0.2) is 9.97 Å². The monoisotopic (exact) mass is 257 g/mol. The number of fused-ring (bicyclic) bond motifs is 1. The molecule has 0 spiro atoms. The zero-order valence-corrected chi connectivity index (χ0v) is 11.2. The average Bonchev–Trinajstić information content (AvgIpc) is 2.47. The van der Waals surface area contributed by atoms with Crippen LogP contribution in [0, 0.1) is 0 Å². The summed E-state index contributed by atoms with van der Waals surface area (Å²) in [5, 5.41) is 3.52. The van der Waals surface area contributed by atoms with Gasteiger partial charge in [-0.3, -0.25) is 4.98 Å². The maximum absolute atomic E-state index is 4.52. The van der Waals surface area contributed by atoms with Gasteiger partial charge in [0.05, 0.1) is 0 Å². The Labute approximate surface area is 113 Å². The zero-order chi connectivity index (χ0) is 13.1. The number of hydrogen-bond donors (Lipinski definition) is 1. The highest BCUT2D eigenvalue weighted by molar-refractivity contribution is 5.71. The number of pyridine rings is 1. The molecule has 0 amide bonds. The van der Waals surface area contributed by atoms with Crippen molar-refractivity contribution in [3.05, 3.63) is 24.5 Å². The van der Waals surface area contributed by atoms with E-state index in [-0.39, 0.29) is 0 Å². The molecule has 1 aliphatic heterocycles. The molecule has 5 heteroatoms. The van der Waals surface area contributed by atoms with Crippen LogP contribution in [0.4, 0.5) is 5.82 Å². The number of anilines is 1. The van der Waals surface area contributed by atoms with E-state index in [0.29, 0.717) is 11.7 Å². The highest BCUT2D eigenvalue weighted by atomic mass is 15.2. The van der Waals surface area contributed by atoms with E-state index in [1.165, 1.54) is 19.4 Å². The molecule has 1 saturated heterocycles. The van der Waals surface area contributed by atoms with Crippen molar-refractivity contribution < 1.29 is 0 Å². The first-order valence-corrected chi connectivity index (χ1v) is 6.92. The van der Waals surface area contributed by atoms with Crippen LogP contribution in [0.15, 0.2) is 24.5 Å². The van der Waals surface area contributed by atoms with Gasteiger partial charge in [-0.05, 0) is 38.1 Å². The summed E-state index contributed by atoms with van der Waals surface area (Å²) >= 11 is 0. The maximum atomic E-state index is 4.52. The van der Waals surface area contributed by atoms with E-state index in [0.717, 1.165) is 24.4 Å². The minimum absolute atomic E-state index is 0.482. The maximum Gasteiger partial charge on any atom is 0.180 e. The van der Waals surface area contributed by atoms with Crippen LogP contribution in [0.1, 0.15) is 19.8 Å². The summed E-state index contributed by atoms with van der Waals surface area (Å²) in [5.74, 6) is 0.899. The van der Waals surface area contributed by atoms with Crippen LogP contribution in [-0.4, -0.2) is 45.5 Å². The van der Waals surface area contributed by atoms with E-state index in [2.05, 4.69) is 32.1 Å². The van der Waals surface area contributed by atoms with Crippen molar-refractivity contribution in [3.8, 4) is 0 Å². The molecule has 3 rings (SSSR count). The molecule has 1 atom stereocenters. The van der Waals surface area contributed by atoms with Gasteiger partial charge in [-0.1, -0.05) is 6.92 Å². The van der Waals surface area contributed by atoms with Gasteiger partial charge in [-0.2, -0.15) is 0 Å². The number of hydrogen-bond acceptors (Lipinski definition) is 5. The van der Waals surface area contributed by atoms with Crippen LogP contribution in [0.2, 0.25) is 0 Å². The fourth-order valence-corrected chi connectivity index (χ4v) is 2.60. The Bertz CT molecular complexity index is 556. The Morgan fingerprint density at radius 3 is 3.11 bits per heavy atom. The second-order valence-corrected chi connectivity index (χ2v) is 4.97. The third kappa shape index (κ3) is 2.81. The number of likely N-dealkylation sites (tertiary alicyclic amines) is 1. The van der Waals surface area contributed by atoms with E-state index in [4.69, 9.17) is 0 Å². The van der Waals surface area contributed by atoms with Gasteiger partial charge in [0.1, 0.15) is 11.3 Å². The summed E-state index contributed by atoms with van der Waals surface area (Å²) in [6, 6.07) is 4.44. The smallest absolute Gasteiger partial charge is 0.180 e. The van der Waals surface area contributed by atoms with Gasteiger partial charge in [0.2, 0.25) is 0 Å². The molecule has 1 unspecified atom stereocenters. The third-order valence-electron chi connectivity index (χ3n) is 3.64. The molecule has 1 aliphatic rings. The lowest BCUT2D eigenvalue weighted by Gasteiger charge is -2.32. The summed E-state index contributed by atoms with van der Waals surface area (Å²) in [6.45, 7) is 5.64. The van der Waals surface area contributed by atoms with Crippen molar-refractivity contribution in [2.45, 2.75) is 25.8 Å². The van der Waals surface area contributed by atoms with Crippen molar-refractivity contribution in [1.29, 1.82) is 0 Å². The summed E-state index contributed by atoms with van der Waals surface area (Å²) < 4.78 is 0. The Morgan fingerprint density at radius 2 is 2.21 bits per heavy atom. The molecule has 100 valence electrons. The molecule has 0 radical (unpaired) electrons. The lowest BCUT2D eigenvalue weighted by Crippen LogP contribution is -2.41. The van der Waals surface area contributed by atoms with Crippen molar-refractivity contribution in [3.63, 3.8) is 0 Å². The molecule has 3 heterocycles. The van der Waals surface area contributed by atoms with Crippen molar-refractivity contribution in [1.82, 2.24) is 19.9 Å². The average molecular weight is 257 g/mol. The van der Waals surface area contributed by atoms with Crippen LogP contribution >= 0.6 is 0 Å². The Morgan fingerprint density at radius 1 is 1.32 bits per heavy atom. The number of piperidine rings is 1. The summed E-state index contributed by atoms with van der Waals surface area (Å²) in [6.07, 6.45) is 5.82. The Kier molecular flexibility index (Phi) is 3.55. The highest BCUT2D eigenvalue weighted by Crippen LogP contribution is 2.16. The number of nitrogens with one attached hydrogen (secondary N) is 1. The SMILES string of the molecule is CCN1CCCC(Nc2ccc3nccnc3n2)C1. The fourth-order valence-electron chi connectivity index (χ4n) is 2.60. The van der Waals surface area contributed by atoms with E-state index in [1.807, 2.05) is 12.1 Å². The minimum Gasteiger partial charge on any atom is -0.366 e. The predicted octanol–water partition coefficient (Wildman–Crippen LogP) is 1.92. The lowest BCUT2D eigenvalue weighted by atomic mass is 10.1. The first-order valence-electron chi connectivity index (χ1n) is 6.92. The first-order chi connectivity index (χ1) is 9.35. The normalized spacial score (nSPS) is 20.6. The fraction of sp³-hybridized carbons (Fsp3) is 0.500. The molecule has 1 fully saturated rings. The number of aromatic nitrogens is 3. The zero-order valence-electron chi connectivity index (χ0n) is 11.2. The van der Waals surface area contributed by atoms with Crippen LogP contribution < -0.4 is 5.32 Å². The molecule has 0 saturated carbocycles. The number of nitrogens with zero attached hydrogens (tertiary/aromatic N) is 4. The second-order valence-electron chi connectivity index (χ2n) is 4.97. The predicted molar refractivity (Wildman–Crippen MR) is 76.1 cm³/mol. The van der Waals surface area contributed by atoms with E-state index >= 15 is 0 Å². The molecule has 0 bridgehead atoms. The van der Waals surface area contributed by atoms with Gasteiger partial charge >= 0.3 is 0 Å². The van der Waals surface area contributed by atoms with Crippen molar-refractivity contribution in [2.24, 2.45) is 0 Å². The molecular weight excluding hydrogens is 238 g/mol. The molecule has 0 aliphatic carbocycles. The highest BCUT2D eigenvalue weighted by Gasteiger charge is 2.18. The second kappa shape index (κ2) is 5.48. The van der Waals surface area contributed by atoms with Gasteiger partial charge in [0.25, 0.3) is 0 Å². The summed E-state index contributed by atoms with van der Waals surface area (Å²) in [4.78, 5) is 15.5. The quantitative estimate of drug-likeness (QED) is 0.910. The topological polar surface area (TPSA) is 53.9 Å². The van der Waals surface area contributed by atoms with Crippen molar-refractivity contribution in [2.75, 3.05) is 25.0 Å². The molecule has 2 aromatic rings. The van der Waals surface area contributed by atoms with Gasteiger partial charge in [-0.15, -0.1) is 0 Å². The van der Waals surface area contributed by atoms with E-state index in [9.17, 15) is 0 Å². The number of likely N-dealkylation sites (N-methyl/N-ethyl adjacent to an activating group) is 1. The van der Waals surface area contributed by atoms with Gasteiger partial charge < -0.3 is 10.2 Å². The van der Waals surface area contributed by atoms with Gasteiger partial charge in [0, 0.05) is 25.0 Å². The summed E-state index contributed by atoms with van der Waals surface area (Å²) in [7, 11) is 0.